The van der Waals surface area contributed by atoms with Crippen LogP contribution in [0.2, 0.25) is 0 Å². The van der Waals surface area contributed by atoms with Crippen molar-refractivity contribution in [3.05, 3.63) is 91.0 Å². The van der Waals surface area contributed by atoms with Gasteiger partial charge in [0.05, 0.1) is 0 Å². The number of hydrogen-bond acceptors (Lipinski definition) is 1. The summed E-state index contributed by atoms with van der Waals surface area (Å²) in [6, 6.07) is 31.0. The van der Waals surface area contributed by atoms with Gasteiger partial charge in [0.25, 0.3) is 0 Å². The minimum absolute atomic E-state index is 0.776. The quantitative estimate of drug-likeness (QED) is 0.378. The summed E-state index contributed by atoms with van der Waals surface area (Å²) in [5.74, 6) is 0. The molecule has 0 spiro atoms. The van der Waals surface area contributed by atoms with Crippen LogP contribution in [0, 0.1) is 0 Å². The van der Waals surface area contributed by atoms with Gasteiger partial charge in [-0.15, -0.1) is 0 Å². The van der Waals surface area contributed by atoms with Crippen LogP contribution in [0.15, 0.2) is 95.4 Å². The van der Waals surface area contributed by atoms with Crippen molar-refractivity contribution in [2.45, 2.75) is 0 Å². The fourth-order valence-corrected chi connectivity index (χ4v) is 3.53. The zero-order valence-corrected chi connectivity index (χ0v) is 14.1. The van der Waals surface area contributed by atoms with Crippen molar-refractivity contribution >= 4 is 35.2 Å². The van der Waals surface area contributed by atoms with Gasteiger partial charge in [0.15, 0.2) is 0 Å². The van der Waals surface area contributed by atoms with Gasteiger partial charge in [0, 0.05) is 16.3 Å². The van der Waals surface area contributed by atoms with Gasteiger partial charge in [0.1, 0.15) is 19.0 Å². The van der Waals surface area contributed by atoms with Gasteiger partial charge in [-0.25, -0.2) is 0 Å². The Morgan fingerprint density at radius 1 is 0.577 bits per heavy atom. The van der Waals surface area contributed by atoms with Crippen LogP contribution in [0.3, 0.4) is 0 Å². The van der Waals surface area contributed by atoms with Crippen LogP contribution in [-0.2, 0) is 0 Å². The van der Waals surface area contributed by atoms with Crippen LogP contribution in [-0.4, -0.2) is 7.85 Å². The van der Waals surface area contributed by atoms with E-state index in [0.717, 1.165) is 49.7 Å². The summed E-state index contributed by atoms with van der Waals surface area (Å²) in [7, 11) is 5.90. The molecule has 0 unspecified atom stereocenters. The van der Waals surface area contributed by atoms with Gasteiger partial charge < -0.3 is 4.42 Å². The zero-order valence-electron chi connectivity index (χ0n) is 14.1. The average molecular weight is 330 g/mol. The van der Waals surface area contributed by atoms with Crippen LogP contribution < -0.4 is 5.46 Å². The molecule has 120 valence electrons. The van der Waals surface area contributed by atoms with Crippen molar-refractivity contribution in [2.24, 2.45) is 0 Å². The monoisotopic (exact) mass is 330 g/mol. The lowest BCUT2D eigenvalue weighted by atomic mass is 9.92. The van der Waals surface area contributed by atoms with Crippen LogP contribution >= 0.6 is 0 Å². The van der Waals surface area contributed by atoms with E-state index in [-0.39, 0.29) is 0 Å². The lowest BCUT2D eigenvalue weighted by Gasteiger charge is -2.06. The molecule has 0 saturated carbocycles. The Balaban J connectivity index is 1.64. The van der Waals surface area contributed by atoms with E-state index < -0.39 is 0 Å². The minimum atomic E-state index is 0.776. The molecule has 0 fully saturated rings. The molecule has 0 bridgehead atoms. The second-order valence-corrected chi connectivity index (χ2v) is 6.48. The zero-order chi connectivity index (χ0) is 17.5. The summed E-state index contributed by atoms with van der Waals surface area (Å²) in [5.41, 5.74) is 7.16. The summed E-state index contributed by atoms with van der Waals surface area (Å²) >= 11 is 0. The predicted molar refractivity (Wildman–Crippen MR) is 110 cm³/mol. The molecule has 5 rings (SSSR count). The average Bonchev–Trinajstić information content (AvgIpc) is 3.07. The van der Waals surface area contributed by atoms with E-state index in [2.05, 4.69) is 54.6 Å². The molecule has 2 radical (unpaired) electrons. The molecule has 0 atom stereocenters. The third-order valence-electron chi connectivity index (χ3n) is 4.82. The molecular formula is C24H15BO. The Morgan fingerprint density at radius 2 is 1.31 bits per heavy atom. The van der Waals surface area contributed by atoms with Crippen LogP contribution in [0.25, 0.3) is 44.2 Å². The normalized spacial score (nSPS) is 11.2. The number of hydrogen-bond donors (Lipinski definition) is 0. The lowest BCUT2D eigenvalue weighted by molar-refractivity contribution is 0.670. The van der Waals surface area contributed by atoms with Gasteiger partial charge >= 0.3 is 0 Å². The van der Waals surface area contributed by atoms with E-state index in [1.54, 1.807) is 0 Å². The molecule has 1 heterocycles. The first-order valence-corrected chi connectivity index (χ1v) is 8.66. The fourth-order valence-electron chi connectivity index (χ4n) is 3.53. The summed E-state index contributed by atoms with van der Waals surface area (Å²) in [6.07, 6.45) is 0. The Morgan fingerprint density at radius 3 is 2.15 bits per heavy atom. The number of rotatable bonds is 2. The first kappa shape index (κ1) is 15.0. The largest absolute Gasteiger partial charge is 0.455 e. The first-order chi connectivity index (χ1) is 12.8. The maximum absolute atomic E-state index is 6.15. The molecule has 2 heteroatoms. The van der Waals surface area contributed by atoms with Crippen molar-refractivity contribution < 1.29 is 4.42 Å². The molecule has 1 nitrogen and oxygen atoms in total. The van der Waals surface area contributed by atoms with Gasteiger partial charge in [-0.1, -0.05) is 90.4 Å². The SMILES string of the molecule is [B]c1cccc(-c2ccc(-c3cccc4c3oc3ccccc34)cc2)c1. The van der Waals surface area contributed by atoms with Gasteiger partial charge in [-0.05, 0) is 22.8 Å². The van der Waals surface area contributed by atoms with Crippen molar-refractivity contribution in [1.82, 2.24) is 0 Å². The predicted octanol–water partition coefficient (Wildman–Crippen LogP) is 5.71. The smallest absolute Gasteiger partial charge is 0.143 e. The number of benzene rings is 4. The number of fused-ring (bicyclic) bond motifs is 3. The van der Waals surface area contributed by atoms with E-state index in [9.17, 15) is 0 Å². The van der Waals surface area contributed by atoms with Gasteiger partial charge in [-0.3, -0.25) is 0 Å². The second-order valence-electron chi connectivity index (χ2n) is 6.48. The Bertz CT molecular complexity index is 1230. The standard InChI is InChI=1S/C24H15BO/c25-19-6-3-5-18(15-19)16-11-13-17(14-12-16)20-8-4-9-22-21-7-1-2-10-23(21)26-24(20)22/h1-15H. The third kappa shape index (κ3) is 2.43. The number of para-hydroxylation sites is 2. The second kappa shape index (κ2) is 5.92. The van der Waals surface area contributed by atoms with Crippen molar-refractivity contribution in [1.29, 1.82) is 0 Å². The molecule has 0 aliphatic rings. The molecule has 0 aliphatic heterocycles. The molecule has 5 aromatic rings. The molecule has 0 N–H and O–H groups in total. The van der Waals surface area contributed by atoms with E-state index in [4.69, 9.17) is 12.3 Å². The Labute approximate surface area is 153 Å². The van der Waals surface area contributed by atoms with Crippen molar-refractivity contribution in [3.8, 4) is 22.3 Å². The van der Waals surface area contributed by atoms with Crippen molar-refractivity contribution in [3.63, 3.8) is 0 Å². The molecule has 0 saturated heterocycles. The van der Waals surface area contributed by atoms with Crippen molar-refractivity contribution in [2.75, 3.05) is 0 Å². The highest BCUT2D eigenvalue weighted by molar-refractivity contribution is 6.32. The molecule has 0 amide bonds. The van der Waals surface area contributed by atoms with Crippen LogP contribution in [0.5, 0.6) is 0 Å². The maximum Gasteiger partial charge on any atom is 0.143 e. The highest BCUT2D eigenvalue weighted by Crippen LogP contribution is 2.36. The van der Waals surface area contributed by atoms with Crippen LogP contribution in [0.4, 0.5) is 0 Å². The fraction of sp³-hybridized carbons (Fsp3) is 0. The van der Waals surface area contributed by atoms with Crippen LogP contribution in [0.1, 0.15) is 0 Å². The highest BCUT2D eigenvalue weighted by Gasteiger charge is 2.11. The third-order valence-corrected chi connectivity index (χ3v) is 4.82. The maximum atomic E-state index is 6.15. The molecule has 0 aliphatic carbocycles. The molecule has 1 aromatic heterocycles. The Hall–Kier alpha value is -3.26. The minimum Gasteiger partial charge on any atom is -0.455 e. The summed E-state index contributed by atoms with van der Waals surface area (Å²) in [4.78, 5) is 0. The Kier molecular flexibility index (Phi) is 3.43. The van der Waals surface area contributed by atoms with E-state index in [1.807, 2.05) is 36.4 Å². The first-order valence-electron chi connectivity index (χ1n) is 8.66. The van der Waals surface area contributed by atoms with E-state index >= 15 is 0 Å². The molecule has 26 heavy (non-hydrogen) atoms. The topological polar surface area (TPSA) is 13.1 Å². The van der Waals surface area contributed by atoms with Gasteiger partial charge in [0.2, 0.25) is 0 Å². The summed E-state index contributed by atoms with van der Waals surface area (Å²) in [6.45, 7) is 0. The summed E-state index contributed by atoms with van der Waals surface area (Å²) in [5, 5.41) is 2.30. The van der Waals surface area contributed by atoms with E-state index in [1.165, 1.54) is 0 Å². The van der Waals surface area contributed by atoms with Gasteiger partial charge in [-0.2, -0.15) is 0 Å². The highest BCUT2D eigenvalue weighted by atomic mass is 16.3. The molecular weight excluding hydrogens is 315 g/mol. The molecule has 4 aromatic carbocycles. The summed E-state index contributed by atoms with van der Waals surface area (Å²) < 4.78 is 6.15. The number of furan rings is 1. The van der Waals surface area contributed by atoms with E-state index in [0.29, 0.717) is 0 Å². The lowest BCUT2D eigenvalue weighted by Crippen LogP contribution is -2.00.